The molecule has 162 valence electrons. The fourth-order valence-corrected chi connectivity index (χ4v) is 4.79. The van der Waals surface area contributed by atoms with Gasteiger partial charge < -0.3 is 10.2 Å². The van der Waals surface area contributed by atoms with Crippen molar-refractivity contribution in [3.05, 3.63) is 71.5 Å². The second kappa shape index (κ2) is 9.71. The zero-order valence-electron chi connectivity index (χ0n) is 18.6. The van der Waals surface area contributed by atoms with Crippen LogP contribution in [-0.4, -0.2) is 56.5 Å². The third-order valence-electron chi connectivity index (χ3n) is 6.79. The van der Waals surface area contributed by atoms with Gasteiger partial charge >= 0.3 is 0 Å². The van der Waals surface area contributed by atoms with Crippen molar-refractivity contribution >= 4 is 5.91 Å². The fourth-order valence-electron chi connectivity index (χ4n) is 4.79. The molecule has 0 aromatic heterocycles. The number of likely N-dealkylation sites (tertiary alicyclic amines) is 1. The van der Waals surface area contributed by atoms with Crippen LogP contribution in [0.1, 0.15) is 36.8 Å². The highest BCUT2D eigenvalue weighted by Gasteiger charge is 2.41. The number of hydrogen-bond donors (Lipinski definition) is 1. The van der Waals surface area contributed by atoms with Crippen molar-refractivity contribution in [2.24, 2.45) is 5.92 Å². The van der Waals surface area contributed by atoms with E-state index in [-0.39, 0.29) is 29.1 Å². The molecule has 1 N–H and O–H groups in total. The molecular weight excluding hydrogens is 377 g/mol. The maximum Gasteiger partial charge on any atom is 0.227 e. The van der Waals surface area contributed by atoms with Crippen LogP contribution in [0.3, 0.4) is 0 Å². The van der Waals surface area contributed by atoms with Crippen LogP contribution in [0.25, 0.3) is 0 Å². The lowest BCUT2D eigenvalue weighted by molar-refractivity contribution is -0.138. The number of benzene rings is 2. The average molecular weight is 412 g/mol. The highest BCUT2D eigenvalue weighted by molar-refractivity contribution is 5.80. The molecule has 1 aliphatic rings. The van der Waals surface area contributed by atoms with Crippen LogP contribution >= 0.6 is 0 Å². The fraction of sp³-hybridized carbons (Fsp3) is 0.480. The zero-order chi connectivity index (χ0) is 21.7. The average Bonchev–Trinajstić information content (AvgIpc) is 2.77. The van der Waals surface area contributed by atoms with Gasteiger partial charge in [-0.05, 0) is 63.2 Å². The number of nitrogens with zero attached hydrogens (tertiary/aromatic N) is 2. The summed E-state index contributed by atoms with van der Waals surface area (Å²) in [4.78, 5) is 17.7. The molecule has 0 spiro atoms. The molecule has 1 heterocycles. The van der Waals surface area contributed by atoms with E-state index in [1.807, 2.05) is 50.3 Å². The molecule has 1 saturated heterocycles. The number of rotatable bonds is 7. The van der Waals surface area contributed by atoms with E-state index in [9.17, 15) is 9.18 Å². The third kappa shape index (κ3) is 4.57. The molecule has 2 atom stereocenters. The van der Waals surface area contributed by atoms with E-state index in [1.165, 1.54) is 11.6 Å². The minimum atomic E-state index is -0.248. The molecule has 3 rings (SSSR count). The first-order chi connectivity index (χ1) is 14.4. The molecule has 30 heavy (non-hydrogen) atoms. The van der Waals surface area contributed by atoms with Gasteiger partial charge in [0.2, 0.25) is 5.91 Å². The van der Waals surface area contributed by atoms with Gasteiger partial charge in [-0.15, -0.1) is 0 Å². The van der Waals surface area contributed by atoms with Gasteiger partial charge in [0.1, 0.15) is 5.82 Å². The van der Waals surface area contributed by atoms with Crippen molar-refractivity contribution < 1.29 is 9.18 Å². The largest absolute Gasteiger partial charge is 0.342 e. The van der Waals surface area contributed by atoms with Gasteiger partial charge in [-0.1, -0.05) is 49.4 Å². The number of carbonyl (C=O) groups excluding carboxylic acids is 1. The van der Waals surface area contributed by atoms with E-state index in [0.717, 1.165) is 18.4 Å². The van der Waals surface area contributed by atoms with Crippen LogP contribution in [-0.2, 0) is 10.3 Å². The molecule has 0 radical (unpaired) electrons. The standard InChI is InChI=1S/C25H34FN3O/c1-19(20-9-6-5-7-10-20)23(18-27-2)24(30)29-15-13-25(14-16-29,28(3)4)21-11-8-12-22(26)17-21/h5-12,17,19,23,27H,13-16,18H2,1-4H3/t19-,23+/m0/s1. The van der Waals surface area contributed by atoms with Gasteiger partial charge in [0.15, 0.2) is 0 Å². The maximum atomic E-state index is 13.9. The van der Waals surface area contributed by atoms with E-state index >= 15 is 0 Å². The van der Waals surface area contributed by atoms with Crippen molar-refractivity contribution in [2.45, 2.75) is 31.2 Å². The molecule has 0 aliphatic carbocycles. The minimum absolute atomic E-state index is 0.113. The summed E-state index contributed by atoms with van der Waals surface area (Å²) in [6.45, 7) is 4.13. The number of halogens is 1. The number of amides is 1. The Labute approximate surface area is 180 Å². The van der Waals surface area contributed by atoms with Crippen LogP contribution in [0.5, 0.6) is 0 Å². The Morgan fingerprint density at radius 3 is 2.37 bits per heavy atom. The smallest absolute Gasteiger partial charge is 0.227 e. The lowest BCUT2D eigenvalue weighted by Gasteiger charge is -2.47. The molecular formula is C25H34FN3O. The zero-order valence-corrected chi connectivity index (χ0v) is 18.6. The molecule has 4 nitrogen and oxygen atoms in total. The molecule has 1 fully saturated rings. The van der Waals surface area contributed by atoms with E-state index in [2.05, 4.69) is 29.3 Å². The van der Waals surface area contributed by atoms with Gasteiger partial charge in [-0.2, -0.15) is 0 Å². The molecule has 0 saturated carbocycles. The van der Waals surface area contributed by atoms with Gasteiger partial charge in [0.25, 0.3) is 0 Å². The van der Waals surface area contributed by atoms with Crippen molar-refractivity contribution in [3.8, 4) is 0 Å². The summed E-state index contributed by atoms with van der Waals surface area (Å²) in [6.07, 6.45) is 1.59. The second-order valence-corrected chi connectivity index (χ2v) is 8.63. The number of hydrogen-bond acceptors (Lipinski definition) is 3. The Bertz CT molecular complexity index is 831. The summed E-state index contributed by atoms with van der Waals surface area (Å²) in [7, 11) is 5.99. The quantitative estimate of drug-likeness (QED) is 0.752. The summed E-state index contributed by atoms with van der Waals surface area (Å²) in [5.41, 5.74) is 1.93. The van der Waals surface area contributed by atoms with Crippen LogP contribution in [0.2, 0.25) is 0 Å². The molecule has 5 heteroatoms. The Balaban J connectivity index is 1.77. The first-order valence-electron chi connectivity index (χ1n) is 10.8. The summed E-state index contributed by atoms with van der Waals surface area (Å²) < 4.78 is 13.9. The maximum absolute atomic E-state index is 13.9. The van der Waals surface area contributed by atoms with Gasteiger partial charge in [-0.3, -0.25) is 9.69 Å². The van der Waals surface area contributed by atoms with E-state index in [1.54, 1.807) is 12.1 Å². The predicted molar refractivity (Wildman–Crippen MR) is 120 cm³/mol. The van der Waals surface area contributed by atoms with E-state index in [4.69, 9.17) is 0 Å². The van der Waals surface area contributed by atoms with Crippen molar-refractivity contribution in [2.75, 3.05) is 40.8 Å². The topological polar surface area (TPSA) is 35.6 Å². The predicted octanol–water partition coefficient (Wildman–Crippen LogP) is 3.84. The molecule has 2 aromatic carbocycles. The normalized spacial score (nSPS) is 18.3. The first-order valence-corrected chi connectivity index (χ1v) is 10.8. The van der Waals surface area contributed by atoms with Gasteiger partial charge in [0, 0.05) is 25.2 Å². The molecule has 2 aromatic rings. The lowest BCUT2D eigenvalue weighted by atomic mass is 9.79. The van der Waals surface area contributed by atoms with Crippen molar-refractivity contribution in [1.82, 2.24) is 15.1 Å². The van der Waals surface area contributed by atoms with Gasteiger partial charge in [0.05, 0.1) is 5.92 Å². The van der Waals surface area contributed by atoms with E-state index in [0.29, 0.717) is 19.6 Å². The van der Waals surface area contributed by atoms with Crippen LogP contribution < -0.4 is 5.32 Å². The van der Waals surface area contributed by atoms with Gasteiger partial charge in [-0.25, -0.2) is 4.39 Å². The number of piperidine rings is 1. The van der Waals surface area contributed by atoms with Crippen molar-refractivity contribution in [3.63, 3.8) is 0 Å². The Morgan fingerprint density at radius 2 is 1.80 bits per heavy atom. The molecule has 0 bridgehead atoms. The number of carbonyl (C=O) groups is 1. The Morgan fingerprint density at radius 1 is 1.13 bits per heavy atom. The van der Waals surface area contributed by atoms with E-state index < -0.39 is 0 Å². The Kier molecular flexibility index (Phi) is 7.27. The molecule has 1 amide bonds. The first kappa shape index (κ1) is 22.4. The SMILES string of the molecule is CNC[C@@H](C(=O)N1CCC(c2cccc(F)c2)(N(C)C)CC1)[C@@H](C)c1ccccc1. The minimum Gasteiger partial charge on any atom is -0.342 e. The summed E-state index contributed by atoms with van der Waals surface area (Å²) in [6, 6.07) is 17.1. The highest BCUT2D eigenvalue weighted by atomic mass is 19.1. The van der Waals surface area contributed by atoms with Crippen LogP contribution in [0.15, 0.2) is 54.6 Å². The second-order valence-electron chi connectivity index (χ2n) is 8.63. The lowest BCUT2D eigenvalue weighted by Crippen LogP contribution is -2.53. The monoisotopic (exact) mass is 411 g/mol. The van der Waals surface area contributed by atoms with Crippen molar-refractivity contribution in [1.29, 1.82) is 0 Å². The highest BCUT2D eigenvalue weighted by Crippen LogP contribution is 2.38. The Hall–Kier alpha value is -2.24. The molecule has 0 unspecified atom stereocenters. The molecule has 1 aliphatic heterocycles. The summed E-state index contributed by atoms with van der Waals surface area (Å²) in [5.74, 6) is 0.0126. The number of nitrogens with one attached hydrogen (secondary N) is 1. The van der Waals surface area contributed by atoms with Crippen LogP contribution in [0, 0.1) is 11.7 Å². The van der Waals surface area contributed by atoms with Crippen LogP contribution in [0.4, 0.5) is 4.39 Å². The third-order valence-corrected chi connectivity index (χ3v) is 6.79. The summed E-state index contributed by atoms with van der Waals surface area (Å²) in [5, 5.41) is 3.21. The summed E-state index contributed by atoms with van der Waals surface area (Å²) >= 11 is 0.